The molecule has 0 aliphatic carbocycles. The van der Waals surface area contributed by atoms with Gasteiger partial charge >= 0.3 is 0 Å². The Bertz CT molecular complexity index is 393. The standard InChI is InChI=1S/C9H7Br2NO2/c10-5-3-6-8(7(11)4-5)14-2-1-12-9(6)13/h3-4H,1-2H2,(H,12,13). The number of ether oxygens (including phenoxy) is 1. The van der Waals surface area contributed by atoms with Crippen LogP contribution >= 0.6 is 31.9 Å². The van der Waals surface area contributed by atoms with Crippen LogP contribution in [0.5, 0.6) is 5.75 Å². The van der Waals surface area contributed by atoms with Gasteiger partial charge in [-0.1, -0.05) is 15.9 Å². The monoisotopic (exact) mass is 319 g/mol. The highest BCUT2D eigenvalue weighted by Crippen LogP contribution is 2.33. The van der Waals surface area contributed by atoms with Crippen molar-refractivity contribution in [2.24, 2.45) is 0 Å². The first-order valence-electron chi connectivity index (χ1n) is 4.08. The second-order valence-corrected chi connectivity index (χ2v) is 4.64. The summed E-state index contributed by atoms with van der Waals surface area (Å²) in [6, 6.07) is 3.61. The fourth-order valence-corrected chi connectivity index (χ4v) is 2.63. The molecule has 1 aliphatic heterocycles. The predicted octanol–water partition coefficient (Wildman–Crippen LogP) is 2.33. The number of amides is 1. The van der Waals surface area contributed by atoms with Crippen molar-refractivity contribution in [2.45, 2.75) is 0 Å². The highest BCUT2D eigenvalue weighted by atomic mass is 79.9. The van der Waals surface area contributed by atoms with Crippen molar-refractivity contribution in [3.05, 3.63) is 26.6 Å². The molecule has 0 fully saturated rings. The van der Waals surface area contributed by atoms with Gasteiger partial charge in [-0.25, -0.2) is 0 Å². The molecule has 1 aromatic carbocycles. The van der Waals surface area contributed by atoms with Gasteiger partial charge in [0, 0.05) is 4.47 Å². The van der Waals surface area contributed by atoms with E-state index in [0.717, 1.165) is 8.95 Å². The lowest BCUT2D eigenvalue weighted by molar-refractivity contribution is 0.0957. The quantitative estimate of drug-likeness (QED) is 0.797. The molecule has 0 spiro atoms. The minimum Gasteiger partial charge on any atom is -0.490 e. The van der Waals surface area contributed by atoms with Gasteiger partial charge < -0.3 is 10.1 Å². The number of nitrogens with one attached hydrogen (secondary N) is 1. The molecule has 5 heteroatoms. The van der Waals surface area contributed by atoms with Crippen LogP contribution in [0.2, 0.25) is 0 Å². The summed E-state index contributed by atoms with van der Waals surface area (Å²) in [4.78, 5) is 11.6. The summed E-state index contributed by atoms with van der Waals surface area (Å²) in [5.41, 5.74) is 0.559. The maximum absolute atomic E-state index is 11.6. The fraction of sp³-hybridized carbons (Fsp3) is 0.222. The molecule has 0 saturated heterocycles. The summed E-state index contributed by atoms with van der Waals surface area (Å²) < 4.78 is 7.09. The first-order chi connectivity index (χ1) is 6.68. The highest BCUT2D eigenvalue weighted by molar-refractivity contribution is 9.11. The molecule has 0 atom stereocenters. The van der Waals surface area contributed by atoms with Crippen molar-refractivity contribution in [1.29, 1.82) is 0 Å². The summed E-state index contributed by atoms with van der Waals surface area (Å²) in [5.74, 6) is 0.516. The van der Waals surface area contributed by atoms with Crippen LogP contribution in [0.3, 0.4) is 0 Å². The lowest BCUT2D eigenvalue weighted by Crippen LogP contribution is -2.24. The number of benzene rings is 1. The zero-order valence-corrected chi connectivity index (χ0v) is 10.3. The Morgan fingerprint density at radius 3 is 2.93 bits per heavy atom. The number of hydrogen-bond donors (Lipinski definition) is 1. The van der Waals surface area contributed by atoms with E-state index < -0.39 is 0 Å². The summed E-state index contributed by atoms with van der Waals surface area (Å²) in [7, 11) is 0. The first kappa shape index (κ1) is 9.98. The summed E-state index contributed by atoms with van der Waals surface area (Å²) in [5, 5.41) is 2.75. The Labute approximate surface area is 98.1 Å². The summed E-state index contributed by atoms with van der Waals surface area (Å²) in [6.45, 7) is 1.04. The van der Waals surface area contributed by atoms with Crippen LogP contribution in [-0.2, 0) is 0 Å². The minimum absolute atomic E-state index is 0.0977. The van der Waals surface area contributed by atoms with Crippen molar-refractivity contribution in [3.63, 3.8) is 0 Å². The Hall–Kier alpha value is -0.550. The Morgan fingerprint density at radius 1 is 1.36 bits per heavy atom. The molecule has 3 nitrogen and oxygen atoms in total. The number of carbonyl (C=O) groups is 1. The van der Waals surface area contributed by atoms with Crippen LogP contribution in [0.1, 0.15) is 10.4 Å². The summed E-state index contributed by atoms with van der Waals surface area (Å²) >= 11 is 6.69. The van der Waals surface area contributed by atoms with E-state index in [-0.39, 0.29) is 5.91 Å². The molecule has 1 N–H and O–H groups in total. The number of fused-ring (bicyclic) bond motifs is 1. The fourth-order valence-electron chi connectivity index (χ4n) is 1.29. The van der Waals surface area contributed by atoms with E-state index in [0.29, 0.717) is 24.5 Å². The third-order valence-corrected chi connectivity index (χ3v) is 2.93. The number of carbonyl (C=O) groups excluding carboxylic acids is 1. The molecule has 0 unspecified atom stereocenters. The average Bonchev–Trinajstić information content (AvgIpc) is 2.29. The zero-order chi connectivity index (χ0) is 10.1. The second-order valence-electron chi connectivity index (χ2n) is 2.87. The van der Waals surface area contributed by atoms with Gasteiger partial charge in [-0.15, -0.1) is 0 Å². The van der Waals surface area contributed by atoms with Crippen molar-refractivity contribution in [1.82, 2.24) is 5.32 Å². The van der Waals surface area contributed by atoms with E-state index in [9.17, 15) is 4.79 Å². The van der Waals surface area contributed by atoms with E-state index in [2.05, 4.69) is 37.2 Å². The van der Waals surface area contributed by atoms with Crippen molar-refractivity contribution < 1.29 is 9.53 Å². The number of hydrogen-bond acceptors (Lipinski definition) is 2. The van der Waals surface area contributed by atoms with Gasteiger partial charge in [0.05, 0.1) is 16.6 Å². The van der Waals surface area contributed by atoms with Gasteiger partial charge in [-0.3, -0.25) is 4.79 Å². The normalized spacial score (nSPS) is 15.1. The Balaban J connectivity index is 2.58. The maximum atomic E-state index is 11.6. The van der Waals surface area contributed by atoms with Gasteiger partial charge in [-0.05, 0) is 28.1 Å². The number of rotatable bonds is 0. The first-order valence-corrected chi connectivity index (χ1v) is 5.67. The topological polar surface area (TPSA) is 38.3 Å². The molecule has 1 heterocycles. The molecule has 1 amide bonds. The molecule has 0 bridgehead atoms. The number of halogens is 2. The third-order valence-electron chi connectivity index (χ3n) is 1.89. The highest BCUT2D eigenvalue weighted by Gasteiger charge is 2.19. The lowest BCUT2D eigenvalue weighted by atomic mass is 10.2. The van der Waals surface area contributed by atoms with Crippen molar-refractivity contribution in [2.75, 3.05) is 13.2 Å². The van der Waals surface area contributed by atoms with Crippen LogP contribution in [0, 0.1) is 0 Å². The Morgan fingerprint density at radius 2 is 2.14 bits per heavy atom. The molecule has 2 rings (SSSR count). The molecular weight excluding hydrogens is 314 g/mol. The maximum Gasteiger partial charge on any atom is 0.255 e. The molecule has 0 radical (unpaired) electrons. The lowest BCUT2D eigenvalue weighted by Gasteiger charge is -2.07. The molecule has 14 heavy (non-hydrogen) atoms. The third kappa shape index (κ3) is 1.79. The zero-order valence-electron chi connectivity index (χ0n) is 7.14. The van der Waals surface area contributed by atoms with Crippen LogP contribution in [-0.4, -0.2) is 19.1 Å². The van der Waals surface area contributed by atoms with Crippen LogP contribution in [0.15, 0.2) is 21.1 Å². The Kier molecular flexibility index (Phi) is 2.78. The average molecular weight is 321 g/mol. The minimum atomic E-state index is -0.0977. The largest absolute Gasteiger partial charge is 0.490 e. The van der Waals surface area contributed by atoms with Crippen molar-refractivity contribution >= 4 is 37.8 Å². The van der Waals surface area contributed by atoms with E-state index in [1.807, 2.05) is 6.07 Å². The van der Waals surface area contributed by atoms with Crippen molar-refractivity contribution in [3.8, 4) is 5.75 Å². The van der Waals surface area contributed by atoms with E-state index in [4.69, 9.17) is 4.74 Å². The van der Waals surface area contributed by atoms with Gasteiger partial charge in [0.25, 0.3) is 5.91 Å². The molecule has 1 aliphatic rings. The van der Waals surface area contributed by atoms with Gasteiger partial charge in [0.15, 0.2) is 0 Å². The van der Waals surface area contributed by atoms with Gasteiger partial charge in [-0.2, -0.15) is 0 Å². The summed E-state index contributed by atoms with van der Waals surface area (Å²) in [6.07, 6.45) is 0. The molecule has 1 aromatic rings. The molecule has 0 saturated carbocycles. The SMILES string of the molecule is O=C1NCCOc2c(Br)cc(Br)cc21. The van der Waals surface area contributed by atoms with Gasteiger partial charge in [0.1, 0.15) is 12.4 Å². The van der Waals surface area contributed by atoms with Crippen LogP contribution in [0.4, 0.5) is 0 Å². The molecule has 74 valence electrons. The van der Waals surface area contributed by atoms with Gasteiger partial charge in [0.2, 0.25) is 0 Å². The van der Waals surface area contributed by atoms with Crippen LogP contribution in [0.25, 0.3) is 0 Å². The second kappa shape index (κ2) is 3.90. The van der Waals surface area contributed by atoms with E-state index in [1.165, 1.54) is 0 Å². The van der Waals surface area contributed by atoms with Crippen LogP contribution < -0.4 is 10.1 Å². The smallest absolute Gasteiger partial charge is 0.255 e. The molecule has 0 aromatic heterocycles. The molecular formula is C9H7Br2NO2. The predicted molar refractivity (Wildman–Crippen MR) is 59.7 cm³/mol. The van der Waals surface area contributed by atoms with E-state index >= 15 is 0 Å². The van der Waals surface area contributed by atoms with E-state index in [1.54, 1.807) is 6.07 Å².